The number of non-ortho nitro benzene ring substituents is 1. The van der Waals surface area contributed by atoms with Gasteiger partial charge in [0.05, 0.1) is 40.2 Å². The Morgan fingerprint density at radius 3 is 2.34 bits per heavy atom. The Kier molecular flexibility index (Phi) is 18.2. The van der Waals surface area contributed by atoms with Gasteiger partial charge < -0.3 is 44.0 Å². The molecule has 3 N–H and O–H groups in total. The summed E-state index contributed by atoms with van der Waals surface area (Å²) in [7, 11) is 3.44. The number of esters is 1. The van der Waals surface area contributed by atoms with Crippen molar-refractivity contribution in [3.8, 4) is 0 Å². The van der Waals surface area contributed by atoms with Crippen molar-refractivity contribution in [3.63, 3.8) is 0 Å². The molecule has 3 heterocycles. The van der Waals surface area contributed by atoms with E-state index in [1.54, 1.807) is 37.6 Å². The molecule has 2 saturated heterocycles. The van der Waals surface area contributed by atoms with Gasteiger partial charge in [0, 0.05) is 68.7 Å². The molecular formula is C47H74N6O12. The van der Waals surface area contributed by atoms with Gasteiger partial charge in [-0.05, 0) is 91.7 Å². The van der Waals surface area contributed by atoms with Crippen molar-refractivity contribution >= 4 is 23.2 Å². The van der Waals surface area contributed by atoms with Gasteiger partial charge in [0.15, 0.2) is 12.1 Å². The highest BCUT2D eigenvalue weighted by atomic mass is 16.7. The van der Waals surface area contributed by atoms with E-state index in [0.717, 1.165) is 43.4 Å². The first-order valence-corrected chi connectivity index (χ1v) is 23.5. The van der Waals surface area contributed by atoms with Gasteiger partial charge in [0.1, 0.15) is 29.8 Å². The quantitative estimate of drug-likeness (QED) is 0.0956. The van der Waals surface area contributed by atoms with Crippen LogP contribution >= 0.6 is 0 Å². The largest absolute Gasteiger partial charge is 0.459 e. The average molecular weight is 915 g/mol. The number of aryl methyl sites for hydroxylation is 2. The number of benzene rings is 1. The SMILES string of the molecule is CC[C@H]1OC(=O)[C@H](C)C(=O)[C@H](C)[C@@H](O[C@@H]2O[C@H](C)C[C@H](N(C)CCc3cn(CCc4ccc([N+](=O)[O-])cc4)nn3)[C@H]2O)[C@](C)(OC)C[C@@H](C)/C(=N\OC2CCCCC2)[C@H](C)[C@@H](O)[C@]1(C)O. The zero-order valence-corrected chi connectivity index (χ0v) is 40.0. The lowest BCUT2D eigenvalue weighted by Crippen LogP contribution is -2.60. The van der Waals surface area contributed by atoms with Crippen LogP contribution in [0.4, 0.5) is 5.69 Å². The molecule has 0 spiro atoms. The van der Waals surface area contributed by atoms with Crippen LogP contribution in [0.5, 0.6) is 0 Å². The summed E-state index contributed by atoms with van der Waals surface area (Å²) in [5.41, 5.74) is -0.948. The highest BCUT2D eigenvalue weighted by Crippen LogP contribution is 2.39. The zero-order valence-electron chi connectivity index (χ0n) is 40.0. The van der Waals surface area contributed by atoms with Crippen molar-refractivity contribution in [3.05, 3.63) is 51.8 Å². The molecule has 1 aromatic heterocycles. The number of carbonyl (C=O) groups excluding carboxylic acids is 2. The number of aliphatic hydroxyl groups is 3. The van der Waals surface area contributed by atoms with Crippen molar-refractivity contribution in [1.29, 1.82) is 0 Å². The number of oxime groups is 1. The van der Waals surface area contributed by atoms with Crippen LogP contribution in [-0.4, -0.2) is 138 Å². The minimum Gasteiger partial charge on any atom is -0.459 e. The van der Waals surface area contributed by atoms with E-state index in [2.05, 4.69) is 10.3 Å². The maximum Gasteiger partial charge on any atom is 0.316 e. The van der Waals surface area contributed by atoms with Gasteiger partial charge >= 0.3 is 5.97 Å². The molecular weight excluding hydrogens is 841 g/mol. The summed E-state index contributed by atoms with van der Waals surface area (Å²) >= 11 is 0. The molecule has 1 saturated carbocycles. The Hall–Kier alpha value is -3.91. The van der Waals surface area contributed by atoms with Crippen LogP contribution in [0.3, 0.4) is 0 Å². The minimum atomic E-state index is -1.91. The number of nitro benzene ring substituents is 1. The van der Waals surface area contributed by atoms with E-state index in [9.17, 15) is 35.0 Å². The van der Waals surface area contributed by atoms with Crippen molar-refractivity contribution in [2.24, 2.45) is 28.8 Å². The van der Waals surface area contributed by atoms with Gasteiger partial charge in [-0.25, -0.2) is 0 Å². The maximum absolute atomic E-state index is 14.4. The van der Waals surface area contributed by atoms with E-state index in [4.69, 9.17) is 28.9 Å². The van der Waals surface area contributed by atoms with E-state index in [0.29, 0.717) is 38.1 Å². The smallest absolute Gasteiger partial charge is 0.316 e. The molecule has 1 aromatic carbocycles. The molecule has 0 radical (unpaired) electrons. The predicted octanol–water partition coefficient (Wildman–Crippen LogP) is 5.21. The zero-order chi connectivity index (χ0) is 47.8. The van der Waals surface area contributed by atoms with Crippen molar-refractivity contribution < 1.29 is 53.6 Å². The minimum absolute atomic E-state index is 0.0414. The van der Waals surface area contributed by atoms with Crippen molar-refractivity contribution in [2.45, 2.75) is 186 Å². The standard InChI is InChI=1S/C47H74N6O12/c1-11-38-47(8,58)42(56)30(4)39(49-65-36-15-13-12-14-16-36)28(2)26-46(7,61-10)43(31(5)40(54)32(6)44(57)63-38)64-45-41(55)37(25-29(3)62-45)51(9)23-22-34-27-52(50-48-34)24-21-33-17-19-35(20-18-33)53(59)60/h17-20,27-32,36-38,41-43,45,55-56,58H,11-16,21-26H2,1-10H3/b49-39+/t28-,29-,30+,31+,32-,37+,38-,41-,42-,43-,45+,46-,47-/m1/s1. The van der Waals surface area contributed by atoms with Gasteiger partial charge in [-0.15, -0.1) is 5.10 Å². The Balaban J connectivity index is 1.37. The topological polar surface area (TPSA) is 230 Å². The van der Waals surface area contributed by atoms with Gasteiger partial charge in [0.2, 0.25) is 0 Å². The monoisotopic (exact) mass is 915 g/mol. The second kappa shape index (κ2) is 22.7. The van der Waals surface area contributed by atoms with E-state index >= 15 is 0 Å². The van der Waals surface area contributed by atoms with E-state index in [1.807, 2.05) is 38.9 Å². The molecule has 1 aliphatic carbocycles. The van der Waals surface area contributed by atoms with Crippen LogP contribution in [0.1, 0.15) is 118 Å². The fraction of sp³-hybridized carbons (Fsp3) is 0.766. The first-order chi connectivity index (χ1) is 30.7. The second-order valence-corrected chi connectivity index (χ2v) is 19.3. The Morgan fingerprint density at radius 1 is 1.03 bits per heavy atom. The Morgan fingerprint density at radius 2 is 1.71 bits per heavy atom. The number of carbonyl (C=O) groups is 2. The lowest BCUT2D eigenvalue weighted by molar-refractivity contribution is -0.384. The van der Waals surface area contributed by atoms with Crippen LogP contribution in [0.15, 0.2) is 35.6 Å². The van der Waals surface area contributed by atoms with Crippen molar-refractivity contribution in [2.75, 3.05) is 20.7 Å². The first-order valence-electron chi connectivity index (χ1n) is 23.5. The number of aromatic nitrogens is 3. The number of Topliss-reactive ketones (excluding diaryl/α,β-unsaturated/α-hetero) is 1. The summed E-state index contributed by atoms with van der Waals surface area (Å²) in [6, 6.07) is 6.03. The summed E-state index contributed by atoms with van der Waals surface area (Å²) in [6.07, 6.45) is 2.34. The van der Waals surface area contributed by atoms with E-state index < -0.39 is 88.3 Å². The second-order valence-electron chi connectivity index (χ2n) is 19.3. The Labute approximate surface area is 383 Å². The summed E-state index contributed by atoms with van der Waals surface area (Å²) in [4.78, 5) is 47.0. The molecule has 13 atom stereocenters. The van der Waals surface area contributed by atoms with Crippen LogP contribution in [0.2, 0.25) is 0 Å². The molecule has 65 heavy (non-hydrogen) atoms. The van der Waals surface area contributed by atoms with Gasteiger partial charge in [-0.1, -0.05) is 56.6 Å². The molecule has 0 unspecified atom stereocenters. The van der Waals surface area contributed by atoms with Gasteiger partial charge in [0.25, 0.3) is 5.69 Å². The fourth-order valence-corrected chi connectivity index (χ4v) is 9.89. The summed E-state index contributed by atoms with van der Waals surface area (Å²) in [5, 5.41) is 60.1. The van der Waals surface area contributed by atoms with Crippen molar-refractivity contribution in [1.82, 2.24) is 19.9 Å². The molecule has 364 valence electrons. The van der Waals surface area contributed by atoms with Gasteiger partial charge in [-0.3, -0.25) is 24.4 Å². The number of hydrogen-bond donors (Lipinski definition) is 3. The molecule has 3 aliphatic rings. The van der Waals surface area contributed by atoms with E-state index in [1.165, 1.54) is 33.1 Å². The average Bonchev–Trinajstić information content (AvgIpc) is 3.75. The van der Waals surface area contributed by atoms with Crippen LogP contribution in [0, 0.1) is 33.8 Å². The number of cyclic esters (lactones) is 1. The predicted molar refractivity (Wildman–Crippen MR) is 241 cm³/mol. The number of likely N-dealkylation sites (N-methyl/N-ethyl adjacent to an activating group) is 1. The maximum atomic E-state index is 14.4. The fourth-order valence-electron chi connectivity index (χ4n) is 9.89. The van der Waals surface area contributed by atoms with Gasteiger partial charge in [-0.2, -0.15) is 0 Å². The summed E-state index contributed by atoms with van der Waals surface area (Å²) < 4.78 is 27.0. The molecule has 0 amide bonds. The molecule has 2 aliphatic heterocycles. The number of ketones is 1. The molecule has 3 fully saturated rings. The van der Waals surface area contributed by atoms with E-state index in [-0.39, 0.29) is 30.7 Å². The third-order valence-corrected chi connectivity index (χ3v) is 14.2. The Bertz CT molecular complexity index is 1910. The lowest BCUT2D eigenvalue weighted by Gasteiger charge is -2.47. The summed E-state index contributed by atoms with van der Waals surface area (Å²) in [5.74, 6) is -4.79. The lowest BCUT2D eigenvalue weighted by atomic mass is 9.74. The summed E-state index contributed by atoms with van der Waals surface area (Å²) in [6.45, 7) is 14.8. The molecule has 2 aromatic rings. The molecule has 0 bridgehead atoms. The number of methoxy groups -OCH3 is 1. The van der Waals surface area contributed by atoms with Crippen LogP contribution in [0.25, 0.3) is 0 Å². The number of hydrogen-bond acceptors (Lipinski definition) is 16. The highest BCUT2D eigenvalue weighted by Gasteiger charge is 2.52. The molecule has 18 nitrogen and oxygen atoms in total. The number of nitro groups is 1. The highest BCUT2D eigenvalue weighted by molar-refractivity contribution is 6.00. The normalized spacial score (nSPS) is 35.5. The molecule has 5 rings (SSSR count). The number of ether oxygens (including phenoxy) is 4. The third-order valence-electron chi connectivity index (χ3n) is 14.2. The number of nitrogens with zero attached hydrogens (tertiary/aromatic N) is 6. The van der Waals surface area contributed by atoms with Crippen LogP contribution < -0.4 is 0 Å². The van der Waals surface area contributed by atoms with Crippen LogP contribution in [-0.2, 0) is 52.8 Å². The number of aliphatic hydroxyl groups excluding tert-OH is 2. The third kappa shape index (κ3) is 12.8. The number of rotatable bonds is 14. The first kappa shape index (κ1) is 52.1. The molecule has 18 heteroatoms.